The van der Waals surface area contributed by atoms with Crippen LogP contribution in [0.25, 0.3) is 0 Å². The molecule has 0 saturated heterocycles. The Hall–Kier alpha value is -2.04. The number of imide groups is 1. The van der Waals surface area contributed by atoms with Gasteiger partial charge < -0.3 is 10.1 Å². The van der Waals surface area contributed by atoms with Gasteiger partial charge in [0.2, 0.25) is 5.91 Å². The molecule has 3 amide bonds. The highest BCUT2D eigenvalue weighted by atomic mass is 16.5. The average Bonchev–Trinajstić information content (AvgIpc) is 3.13. The predicted molar refractivity (Wildman–Crippen MR) is 62.9 cm³/mol. The van der Waals surface area contributed by atoms with Crippen molar-refractivity contribution < 1.29 is 14.3 Å². The minimum atomic E-state index is -0.522. The number of benzene rings is 1. The summed E-state index contributed by atoms with van der Waals surface area (Å²) < 4.78 is 5.08. The molecule has 2 rings (SSSR count). The summed E-state index contributed by atoms with van der Waals surface area (Å²) in [5.74, 6) is 0.359. The van der Waals surface area contributed by atoms with E-state index in [4.69, 9.17) is 4.74 Å². The number of urea groups is 1. The second-order valence-electron chi connectivity index (χ2n) is 3.92. The lowest BCUT2D eigenvalue weighted by atomic mass is 10.3. The molecule has 0 spiro atoms. The van der Waals surface area contributed by atoms with E-state index in [0.717, 1.165) is 12.8 Å². The Kier molecular flexibility index (Phi) is 3.27. The topological polar surface area (TPSA) is 67.4 Å². The number of rotatable bonds is 3. The fourth-order valence-electron chi connectivity index (χ4n) is 1.46. The summed E-state index contributed by atoms with van der Waals surface area (Å²) >= 11 is 0. The minimum Gasteiger partial charge on any atom is -0.495 e. The van der Waals surface area contributed by atoms with Gasteiger partial charge in [-0.15, -0.1) is 0 Å². The van der Waals surface area contributed by atoms with Crippen LogP contribution in [-0.4, -0.2) is 19.0 Å². The molecule has 0 unspecified atom stereocenters. The van der Waals surface area contributed by atoms with Crippen LogP contribution >= 0.6 is 0 Å². The van der Waals surface area contributed by atoms with Gasteiger partial charge in [0, 0.05) is 5.92 Å². The number of para-hydroxylation sites is 2. The summed E-state index contributed by atoms with van der Waals surface area (Å²) in [5.41, 5.74) is 0.538. The zero-order valence-electron chi connectivity index (χ0n) is 9.53. The van der Waals surface area contributed by atoms with Gasteiger partial charge in [-0.3, -0.25) is 10.1 Å². The van der Waals surface area contributed by atoms with Gasteiger partial charge in [0.1, 0.15) is 5.75 Å². The normalized spacial score (nSPS) is 13.9. The average molecular weight is 234 g/mol. The fraction of sp³-hybridized carbons (Fsp3) is 0.333. The van der Waals surface area contributed by atoms with E-state index < -0.39 is 6.03 Å². The zero-order chi connectivity index (χ0) is 12.3. The molecule has 1 aromatic carbocycles. The van der Waals surface area contributed by atoms with Gasteiger partial charge in [-0.25, -0.2) is 4.79 Å². The van der Waals surface area contributed by atoms with Crippen molar-refractivity contribution in [1.29, 1.82) is 0 Å². The van der Waals surface area contributed by atoms with Crippen molar-refractivity contribution in [3.05, 3.63) is 24.3 Å². The van der Waals surface area contributed by atoms with Crippen LogP contribution in [0.5, 0.6) is 5.75 Å². The van der Waals surface area contributed by atoms with E-state index in [0.29, 0.717) is 11.4 Å². The highest BCUT2D eigenvalue weighted by Gasteiger charge is 2.30. The monoisotopic (exact) mass is 234 g/mol. The number of carbonyl (C=O) groups is 2. The Labute approximate surface area is 99.2 Å². The Morgan fingerprint density at radius 3 is 2.65 bits per heavy atom. The van der Waals surface area contributed by atoms with Crippen LogP contribution in [0.4, 0.5) is 10.5 Å². The van der Waals surface area contributed by atoms with Crippen LogP contribution in [-0.2, 0) is 4.79 Å². The van der Waals surface area contributed by atoms with E-state index in [1.165, 1.54) is 7.11 Å². The number of nitrogens with one attached hydrogen (secondary N) is 2. The van der Waals surface area contributed by atoms with Crippen molar-refractivity contribution in [1.82, 2.24) is 5.32 Å². The summed E-state index contributed by atoms with van der Waals surface area (Å²) in [6, 6.07) is 6.50. The first-order valence-electron chi connectivity index (χ1n) is 5.45. The molecule has 1 aliphatic rings. The molecule has 17 heavy (non-hydrogen) atoms. The van der Waals surface area contributed by atoms with Gasteiger partial charge in [-0.1, -0.05) is 12.1 Å². The fourth-order valence-corrected chi connectivity index (χ4v) is 1.46. The van der Waals surface area contributed by atoms with Crippen LogP contribution in [0.1, 0.15) is 12.8 Å². The molecule has 5 nitrogen and oxygen atoms in total. The minimum absolute atomic E-state index is 0.0124. The zero-order valence-corrected chi connectivity index (χ0v) is 9.53. The largest absolute Gasteiger partial charge is 0.495 e. The van der Waals surface area contributed by atoms with Crippen LogP contribution in [0.15, 0.2) is 24.3 Å². The van der Waals surface area contributed by atoms with E-state index >= 15 is 0 Å². The molecule has 1 fully saturated rings. The Morgan fingerprint density at radius 1 is 1.29 bits per heavy atom. The predicted octanol–water partition coefficient (Wildman–Crippen LogP) is 1.75. The standard InChI is InChI=1S/C12H14N2O3/c1-17-10-5-3-2-4-9(10)13-12(16)14-11(15)8-6-7-8/h2-5,8H,6-7H2,1H3,(H2,13,14,15,16). The third-order valence-electron chi connectivity index (χ3n) is 2.54. The van der Waals surface area contributed by atoms with E-state index in [9.17, 15) is 9.59 Å². The van der Waals surface area contributed by atoms with Crippen LogP contribution in [0.3, 0.4) is 0 Å². The molecule has 0 bridgehead atoms. The van der Waals surface area contributed by atoms with E-state index in [1.807, 2.05) is 0 Å². The van der Waals surface area contributed by atoms with Gasteiger partial charge in [0.25, 0.3) is 0 Å². The number of carbonyl (C=O) groups excluding carboxylic acids is 2. The molecule has 5 heteroatoms. The van der Waals surface area contributed by atoms with Crippen molar-refractivity contribution in [2.24, 2.45) is 5.92 Å². The molecular weight excluding hydrogens is 220 g/mol. The molecule has 0 heterocycles. The van der Waals surface area contributed by atoms with Crippen LogP contribution < -0.4 is 15.4 Å². The molecule has 2 N–H and O–H groups in total. The first kappa shape index (κ1) is 11.4. The summed E-state index contributed by atoms with van der Waals surface area (Å²) in [7, 11) is 1.52. The molecule has 1 aromatic rings. The van der Waals surface area contributed by atoms with Crippen molar-refractivity contribution in [2.45, 2.75) is 12.8 Å². The molecule has 0 atom stereocenters. The Morgan fingerprint density at radius 2 is 2.00 bits per heavy atom. The molecule has 1 aliphatic carbocycles. The lowest BCUT2D eigenvalue weighted by Gasteiger charge is -2.09. The number of ether oxygens (including phenoxy) is 1. The Balaban J connectivity index is 1.95. The maximum absolute atomic E-state index is 11.5. The number of amides is 3. The van der Waals surface area contributed by atoms with Crippen molar-refractivity contribution in [2.75, 3.05) is 12.4 Å². The van der Waals surface area contributed by atoms with Crippen LogP contribution in [0.2, 0.25) is 0 Å². The number of methoxy groups -OCH3 is 1. The third kappa shape index (κ3) is 2.96. The number of anilines is 1. The van der Waals surface area contributed by atoms with Gasteiger partial charge in [-0.2, -0.15) is 0 Å². The molecule has 0 aromatic heterocycles. The summed E-state index contributed by atoms with van der Waals surface area (Å²) in [4.78, 5) is 22.9. The van der Waals surface area contributed by atoms with E-state index in [2.05, 4.69) is 10.6 Å². The highest BCUT2D eigenvalue weighted by molar-refractivity contribution is 6.03. The summed E-state index contributed by atoms with van der Waals surface area (Å²) in [5, 5.41) is 4.88. The molecule has 0 radical (unpaired) electrons. The second kappa shape index (κ2) is 4.86. The lowest BCUT2D eigenvalue weighted by molar-refractivity contribution is -0.121. The highest BCUT2D eigenvalue weighted by Crippen LogP contribution is 2.29. The van der Waals surface area contributed by atoms with Gasteiger partial charge in [-0.05, 0) is 25.0 Å². The molecule has 0 aliphatic heterocycles. The van der Waals surface area contributed by atoms with Crippen molar-refractivity contribution >= 4 is 17.6 Å². The first-order chi connectivity index (χ1) is 8.20. The molecule has 1 saturated carbocycles. The molecule has 90 valence electrons. The summed E-state index contributed by atoms with van der Waals surface area (Å²) in [6.45, 7) is 0. The van der Waals surface area contributed by atoms with E-state index in [-0.39, 0.29) is 11.8 Å². The quantitative estimate of drug-likeness (QED) is 0.837. The first-order valence-corrected chi connectivity index (χ1v) is 5.45. The maximum Gasteiger partial charge on any atom is 0.325 e. The van der Waals surface area contributed by atoms with Gasteiger partial charge in [0.05, 0.1) is 12.8 Å². The molecular formula is C12H14N2O3. The number of hydrogen-bond acceptors (Lipinski definition) is 3. The lowest BCUT2D eigenvalue weighted by Crippen LogP contribution is -2.35. The second-order valence-corrected chi connectivity index (χ2v) is 3.92. The maximum atomic E-state index is 11.5. The van der Waals surface area contributed by atoms with Gasteiger partial charge >= 0.3 is 6.03 Å². The van der Waals surface area contributed by atoms with Crippen LogP contribution in [0, 0.1) is 5.92 Å². The summed E-state index contributed by atoms with van der Waals surface area (Å²) in [6.07, 6.45) is 1.74. The Bertz CT molecular complexity index is 441. The van der Waals surface area contributed by atoms with Crippen molar-refractivity contribution in [3.8, 4) is 5.75 Å². The van der Waals surface area contributed by atoms with Gasteiger partial charge in [0.15, 0.2) is 0 Å². The smallest absolute Gasteiger partial charge is 0.325 e. The third-order valence-corrected chi connectivity index (χ3v) is 2.54. The van der Waals surface area contributed by atoms with E-state index in [1.54, 1.807) is 24.3 Å². The van der Waals surface area contributed by atoms with Crippen molar-refractivity contribution in [3.63, 3.8) is 0 Å². The SMILES string of the molecule is COc1ccccc1NC(=O)NC(=O)C1CC1. The number of hydrogen-bond donors (Lipinski definition) is 2.